The Bertz CT molecular complexity index is 4150. The Hall–Kier alpha value is -10.2. The molecule has 3 aromatic heterocycles. The van der Waals surface area contributed by atoms with E-state index in [2.05, 4.69) is 36.1 Å². The summed E-state index contributed by atoms with van der Waals surface area (Å²) in [5.74, 6) is -5.44. The number of hydrogen-bond donors (Lipinski definition) is 9. The number of primary amides is 1. The van der Waals surface area contributed by atoms with E-state index in [-0.39, 0.29) is 114 Å². The van der Waals surface area contributed by atoms with Crippen molar-refractivity contribution < 1.29 is 76.8 Å². The zero-order chi connectivity index (χ0) is 70.2. The summed E-state index contributed by atoms with van der Waals surface area (Å²) in [6.45, 7) is 1.05. The number of H-pyrrole nitrogens is 1. The van der Waals surface area contributed by atoms with Gasteiger partial charge < -0.3 is 85.3 Å². The van der Waals surface area contributed by atoms with Crippen LogP contribution in [0.15, 0.2) is 145 Å². The first-order chi connectivity index (χ1) is 47.7. The van der Waals surface area contributed by atoms with Gasteiger partial charge in [-0.25, -0.2) is 4.79 Å². The summed E-state index contributed by atoms with van der Waals surface area (Å²) in [5, 5.41) is 23.1. The molecule has 0 saturated carbocycles. The van der Waals surface area contributed by atoms with Gasteiger partial charge in [-0.3, -0.25) is 52.7 Å². The average Bonchev–Trinajstić information content (AvgIpc) is 1.75. The van der Waals surface area contributed by atoms with E-state index < -0.39 is 103 Å². The molecule has 6 heterocycles. The first kappa shape index (κ1) is 71.6. The molecule has 5 atom stereocenters. The number of nitrogens with one attached hydrogen (secondary N) is 5. The maximum absolute atomic E-state index is 15.1. The fourth-order valence-electron chi connectivity index (χ4n) is 12.8. The third-order valence-corrected chi connectivity index (χ3v) is 18.5. The number of amides is 8. The molecule has 3 aliphatic rings. The molecule has 3 saturated heterocycles. The van der Waals surface area contributed by atoms with Gasteiger partial charge in [0.2, 0.25) is 29.5 Å². The van der Waals surface area contributed by atoms with Crippen molar-refractivity contribution in [3.8, 4) is 0 Å². The molecule has 522 valence electrons. The molecule has 0 bridgehead atoms. The van der Waals surface area contributed by atoms with Crippen LogP contribution in [0.25, 0.3) is 21.7 Å². The number of nitrogens with two attached hydrogens (primary N) is 1. The number of piperidine rings is 1. The summed E-state index contributed by atoms with van der Waals surface area (Å²) in [7, 11) is -5.16. The number of ether oxygens (including phenoxy) is 3. The fourth-order valence-corrected chi connectivity index (χ4v) is 13.2. The molecule has 99 heavy (non-hydrogen) atoms. The second-order valence-corrected chi connectivity index (χ2v) is 25.9. The largest absolute Gasteiger partial charge is 0.480 e. The number of urea groups is 1. The topological polar surface area (TPSA) is 397 Å². The predicted octanol–water partition coefficient (Wildman–Crippen LogP) is 3.81. The van der Waals surface area contributed by atoms with E-state index in [1.165, 1.54) is 57.3 Å². The van der Waals surface area contributed by atoms with Crippen LogP contribution in [0.1, 0.15) is 83.0 Å². The van der Waals surface area contributed by atoms with E-state index in [1.807, 2.05) is 84.9 Å². The highest BCUT2D eigenvalue weighted by Gasteiger charge is 2.46. The minimum atomic E-state index is -5.16. The smallest absolute Gasteiger partial charge is 0.396 e. The number of nitrogens with zero attached hydrogens (tertiary/aromatic N) is 6. The van der Waals surface area contributed by atoms with Gasteiger partial charge in [0.1, 0.15) is 30.4 Å². The van der Waals surface area contributed by atoms with Crippen molar-refractivity contribution in [3.63, 3.8) is 0 Å². The van der Waals surface area contributed by atoms with Crippen LogP contribution in [0.3, 0.4) is 0 Å². The fraction of sp³-hybridized carbons (Fsp3) is 0.377. The van der Waals surface area contributed by atoms with Crippen molar-refractivity contribution in [1.29, 1.82) is 0 Å². The van der Waals surface area contributed by atoms with Crippen molar-refractivity contribution in [2.75, 3.05) is 88.7 Å². The lowest BCUT2D eigenvalue weighted by Crippen LogP contribution is -2.62. The number of fused-ring (bicyclic) bond motifs is 3. The highest BCUT2D eigenvalue weighted by molar-refractivity contribution is 7.70. The van der Waals surface area contributed by atoms with Gasteiger partial charge >= 0.3 is 19.6 Å². The molecule has 10 rings (SSSR count). The van der Waals surface area contributed by atoms with Crippen LogP contribution < -0.4 is 42.4 Å². The first-order valence-corrected chi connectivity index (χ1v) is 34.2. The Morgan fingerprint density at radius 2 is 1.44 bits per heavy atom. The lowest BCUT2D eigenvalue weighted by molar-refractivity contribution is -0.143. The number of aromatic amines is 1. The summed E-state index contributed by atoms with van der Waals surface area (Å²) in [6, 6.07) is 28.2. The number of carbonyl (C=O) groups is 9. The minimum Gasteiger partial charge on any atom is -0.480 e. The van der Waals surface area contributed by atoms with E-state index in [0.29, 0.717) is 30.6 Å². The standard InChI is InChI=1S/C69H79N12O17P/c70-59(82)23-21-54(63(86)76-62(44-10-3-1-4-11-44)45-12-5-2-6-13-45)74-65(88)57-22-18-50-25-28-78(42-56(67(90)81(50)57)75-64(87)55-37-49-36-46(17-20-53(49)73-55)68(91)99(93,94)95)69(92)72-26-30-96-32-34-98-35-33-97-31-29-80(51-19-24-60(83)79(41-51)43-61(84)85)66(89)48-15-9-27-77(40-48)58-39-71-38-47-14-7-8-16-52(47)58/h1-8,10-14,16-17,19-20,24,36-39,41,48,50,54,56-57,62,73H,9,15,18,21-23,25-35,40,42-43H2,(H2,70,82)(H,72,92)(H,74,88)(H,75,87)(H,76,86)(H,84,85)(H2,93,94,95)/t48-,50+,54-,56-,57-/m1/s1. The molecule has 7 aromatic rings. The van der Waals surface area contributed by atoms with Gasteiger partial charge in [-0.05, 0) is 80.0 Å². The van der Waals surface area contributed by atoms with Gasteiger partial charge in [0.05, 0.1) is 75.7 Å². The Morgan fingerprint density at radius 3 is 2.15 bits per heavy atom. The maximum atomic E-state index is 15.1. The molecule has 10 N–H and O–H groups in total. The van der Waals surface area contributed by atoms with Gasteiger partial charge in [-0.1, -0.05) is 84.9 Å². The van der Waals surface area contributed by atoms with Crippen LogP contribution in [0.5, 0.6) is 0 Å². The van der Waals surface area contributed by atoms with Crippen LogP contribution in [0.2, 0.25) is 0 Å². The summed E-state index contributed by atoms with van der Waals surface area (Å²) in [5.41, 5.74) is 6.25. The van der Waals surface area contributed by atoms with Crippen LogP contribution in [-0.4, -0.2) is 195 Å². The van der Waals surface area contributed by atoms with Gasteiger partial charge in [0.15, 0.2) is 0 Å². The Balaban J connectivity index is 0.736. The van der Waals surface area contributed by atoms with Gasteiger partial charge in [-0.15, -0.1) is 0 Å². The number of carboxylic acid groups (broad SMARTS) is 1. The molecule has 29 nitrogen and oxygen atoms in total. The number of aromatic nitrogens is 3. The number of rotatable bonds is 30. The molecule has 0 unspecified atom stereocenters. The average molecular weight is 1380 g/mol. The summed E-state index contributed by atoms with van der Waals surface area (Å²) in [4.78, 5) is 168. The number of pyridine rings is 2. The van der Waals surface area contributed by atoms with E-state index in [1.54, 1.807) is 12.4 Å². The van der Waals surface area contributed by atoms with E-state index in [0.717, 1.165) is 45.1 Å². The second kappa shape index (κ2) is 33.4. The zero-order valence-corrected chi connectivity index (χ0v) is 55.0. The van der Waals surface area contributed by atoms with Crippen molar-refractivity contribution in [2.24, 2.45) is 11.7 Å². The quantitative estimate of drug-likeness (QED) is 0.0228. The third-order valence-electron chi connectivity index (χ3n) is 17.7. The number of anilines is 2. The Labute approximate surface area is 568 Å². The molecule has 3 aliphatic heterocycles. The lowest BCUT2D eigenvalue weighted by Gasteiger charge is -2.39. The summed E-state index contributed by atoms with van der Waals surface area (Å²) in [6.07, 6.45) is 6.52. The number of benzene rings is 4. The van der Waals surface area contributed by atoms with Crippen molar-refractivity contribution in [1.82, 2.24) is 45.6 Å². The molecule has 30 heteroatoms. The molecular formula is C69H79N12O17P. The van der Waals surface area contributed by atoms with Crippen molar-refractivity contribution in [2.45, 2.75) is 81.7 Å². The molecule has 0 spiro atoms. The van der Waals surface area contributed by atoms with E-state index >= 15 is 4.79 Å². The van der Waals surface area contributed by atoms with Crippen LogP contribution in [-0.2, 0) is 54.1 Å². The number of carbonyl (C=O) groups excluding carboxylic acids is 8. The Morgan fingerprint density at radius 1 is 0.747 bits per heavy atom. The molecule has 0 aliphatic carbocycles. The summed E-state index contributed by atoms with van der Waals surface area (Å²) < 4.78 is 30.2. The lowest BCUT2D eigenvalue weighted by atomic mass is 9.95. The van der Waals surface area contributed by atoms with Gasteiger partial charge in [0.25, 0.3) is 17.0 Å². The number of aliphatic carboxylic acids is 1. The normalized spacial score (nSPS) is 17.5. The van der Waals surface area contributed by atoms with Crippen LogP contribution >= 0.6 is 7.60 Å². The van der Waals surface area contributed by atoms with Gasteiger partial charge in [0, 0.05) is 90.9 Å². The van der Waals surface area contributed by atoms with Crippen molar-refractivity contribution >= 4 is 93.6 Å². The monoisotopic (exact) mass is 1380 g/mol. The molecule has 3 fully saturated rings. The van der Waals surface area contributed by atoms with Crippen LogP contribution in [0, 0.1) is 5.92 Å². The number of carboxylic acids is 1. The first-order valence-electron chi connectivity index (χ1n) is 32.6. The SMILES string of the molecule is NC(=O)CC[C@@H](NC(=O)[C@H]1CC[C@H]2CCN(C(=O)NCCOCCOCCOCCN(C(=O)[C@@H]3CCCN(c4cncc5ccccc45)C3)c3ccc(=O)n(CC(=O)O)c3)C[C@@H](NC(=O)c3cc4cc(C(=O)P(=O)(O)O)ccc4[nH]3)C(=O)N21)C(=O)NC(c1ccccc1)c1ccccc1. The van der Waals surface area contributed by atoms with Gasteiger partial charge in [-0.2, -0.15) is 0 Å². The zero-order valence-electron chi connectivity index (χ0n) is 54.2. The van der Waals surface area contributed by atoms with E-state index in [9.17, 15) is 62.6 Å². The second-order valence-electron chi connectivity index (χ2n) is 24.4. The highest BCUT2D eigenvalue weighted by Crippen LogP contribution is 2.40. The summed E-state index contributed by atoms with van der Waals surface area (Å²) >= 11 is 0. The molecule has 4 aromatic carbocycles. The molecule has 8 amide bonds. The number of hydrogen-bond acceptors (Lipinski definition) is 16. The Kier molecular flexibility index (Phi) is 24.2. The third kappa shape index (κ3) is 18.5. The molecular weight excluding hydrogens is 1300 g/mol. The maximum Gasteiger partial charge on any atom is 0.396 e. The minimum absolute atomic E-state index is 0.0209. The van der Waals surface area contributed by atoms with Crippen LogP contribution in [0.4, 0.5) is 16.2 Å². The highest BCUT2D eigenvalue weighted by atomic mass is 31.2. The van der Waals surface area contributed by atoms with Crippen molar-refractivity contribution in [3.05, 3.63) is 173 Å². The van der Waals surface area contributed by atoms with E-state index in [4.69, 9.17) is 19.9 Å². The predicted molar refractivity (Wildman–Crippen MR) is 362 cm³/mol. The molecule has 0 radical (unpaired) electrons.